The molecule has 132 valence electrons. The molecule has 1 aromatic carbocycles. The fourth-order valence-corrected chi connectivity index (χ4v) is 3.50. The van der Waals surface area contributed by atoms with Gasteiger partial charge in [-0.15, -0.1) is 0 Å². The number of carbonyl (C=O) groups excluding carboxylic acids is 1. The summed E-state index contributed by atoms with van der Waals surface area (Å²) in [7, 11) is 0. The van der Waals surface area contributed by atoms with Crippen LogP contribution in [-0.4, -0.2) is 34.9 Å². The van der Waals surface area contributed by atoms with Gasteiger partial charge in [0.2, 0.25) is 5.91 Å². The number of aryl methyl sites for hydroxylation is 1. The number of pyridine rings is 1. The van der Waals surface area contributed by atoms with E-state index in [1.165, 1.54) is 11.1 Å². The number of nitrogens with one attached hydrogen (secondary N) is 1. The van der Waals surface area contributed by atoms with E-state index in [4.69, 9.17) is 0 Å². The number of likely N-dealkylation sites (tertiary alicyclic amines) is 1. The van der Waals surface area contributed by atoms with Gasteiger partial charge < -0.3 is 10.2 Å². The van der Waals surface area contributed by atoms with Crippen LogP contribution in [0.25, 0.3) is 0 Å². The third kappa shape index (κ3) is 5.40. The van der Waals surface area contributed by atoms with Crippen LogP contribution in [-0.2, 0) is 17.8 Å². The molecule has 0 radical (unpaired) electrons. The van der Waals surface area contributed by atoms with Crippen molar-refractivity contribution in [3.63, 3.8) is 0 Å². The molecule has 4 heteroatoms. The summed E-state index contributed by atoms with van der Waals surface area (Å²) in [5.74, 6) is 0.324. The molecule has 1 aliphatic heterocycles. The Hall–Kier alpha value is -2.20. The van der Waals surface area contributed by atoms with Crippen LogP contribution < -0.4 is 5.32 Å². The van der Waals surface area contributed by atoms with Crippen molar-refractivity contribution in [2.45, 2.75) is 44.7 Å². The SMILES string of the molecule is O=C1CC[C@@H](CCNCc2cccnc2)N1CCCc1ccccc1. The van der Waals surface area contributed by atoms with Gasteiger partial charge in [-0.3, -0.25) is 9.78 Å². The molecule has 1 saturated heterocycles. The first kappa shape index (κ1) is 17.6. The van der Waals surface area contributed by atoms with E-state index in [0.29, 0.717) is 18.4 Å². The maximum absolute atomic E-state index is 12.2. The minimum Gasteiger partial charge on any atom is -0.340 e. The summed E-state index contributed by atoms with van der Waals surface area (Å²) in [6.07, 6.45) is 8.49. The third-order valence-electron chi connectivity index (χ3n) is 4.87. The lowest BCUT2D eigenvalue weighted by Gasteiger charge is -2.25. The van der Waals surface area contributed by atoms with Gasteiger partial charge in [-0.25, -0.2) is 0 Å². The number of amides is 1. The molecular weight excluding hydrogens is 310 g/mol. The molecule has 0 saturated carbocycles. The Bertz CT molecular complexity index is 645. The van der Waals surface area contributed by atoms with Gasteiger partial charge in [0.15, 0.2) is 0 Å². The fraction of sp³-hybridized carbons (Fsp3) is 0.429. The van der Waals surface area contributed by atoms with Gasteiger partial charge in [-0.05, 0) is 49.4 Å². The maximum atomic E-state index is 12.2. The van der Waals surface area contributed by atoms with Crippen molar-refractivity contribution in [1.29, 1.82) is 0 Å². The van der Waals surface area contributed by atoms with Crippen molar-refractivity contribution in [1.82, 2.24) is 15.2 Å². The molecule has 1 aromatic heterocycles. The van der Waals surface area contributed by atoms with Crippen molar-refractivity contribution in [3.05, 3.63) is 66.0 Å². The number of aromatic nitrogens is 1. The highest BCUT2D eigenvalue weighted by molar-refractivity contribution is 5.78. The highest BCUT2D eigenvalue weighted by Gasteiger charge is 2.29. The first-order valence-electron chi connectivity index (χ1n) is 9.26. The van der Waals surface area contributed by atoms with Crippen molar-refractivity contribution >= 4 is 5.91 Å². The van der Waals surface area contributed by atoms with Gasteiger partial charge in [-0.1, -0.05) is 36.4 Å². The van der Waals surface area contributed by atoms with E-state index in [2.05, 4.69) is 45.5 Å². The van der Waals surface area contributed by atoms with E-state index in [9.17, 15) is 4.79 Å². The maximum Gasteiger partial charge on any atom is 0.222 e. The number of nitrogens with zero attached hydrogens (tertiary/aromatic N) is 2. The van der Waals surface area contributed by atoms with Crippen molar-refractivity contribution in [3.8, 4) is 0 Å². The predicted octanol–water partition coefficient (Wildman–Crippen LogP) is 3.19. The Kier molecular flexibility index (Phi) is 6.57. The Balaban J connectivity index is 1.39. The van der Waals surface area contributed by atoms with Crippen LogP contribution in [0.5, 0.6) is 0 Å². The first-order chi connectivity index (χ1) is 12.3. The van der Waals surface area contributed by atoms with Gasteiger partial charge in [0.05, 0.1) is 0 Å². The lowest BCUT2D eigenvalue weighted by molar-refractivity contribution is -0.129. The highest BCUT2D eigenvalue weighted by Crippen LogP contribution is 2.21. The summed E-state index contributed by atoms with van der Waals surface area (Å²) in [5, 5.41) is 3.47. The standard InChI is InChI=1S/C21H27N3O/c25-21-11-10-20(12-14-23-17-19-8-4-13-22-16-19)24(21)15-5-9-18-6-2-1-3-7-18/h1-4,6-8,13,16,20,23H,5,9-12,14-15,17H2/t20-/m0/s1. The van der Waals surface area contributed by atoms with Gasteiger partial charge >= 0.3 is 0 Å². The van der Waals surface area contributed by atoms with Crippen LogP contribution in [0.4, 0.5) is 0 Å². The zero-order valence-electron chi connectivity index (χ0n) is 14.7. The van der Waals surface area contributed by atoms with Crippen LogP contribution in [0.1, 0.15) is 36.8 Å². The number of hydrogen-bond donors (Lipinski definition) is 1. The Morgan fingerprint density at radius 1 is 1.12 bits per heavy atom. The summed E-state index contributed by atoms with van der Waals surface area (Å²) < 4.78 is 0. The second kappa shape index (κ2) is 9.33. The molecule has 1 aliphatic rings. The Morgan fingerprint density at radius 3 is 2.76 bits per heavy atom. The van der Waals surface area contributed by atoms with E-state index in [1.54, 1.807) is 6.20 Å². The van der Waals surface area contributed by atoms with Crippen molar-refractivity contribution < 1.29 is 4.79 Å². The Labute approximate surface area is 150 Å². The minimum absolute atomic E-state index is 0.324. The minimum atomic E-state index is 0.324. The van der Waals surface area contributed by atoms with Crippen LogP contribution in [0.3, 0.4) is 0 Å². The lowest BCUT2D eigenvalue weighted by Crippen LogP contribution is -2.36. The Morgan fingerprint density at radius 2 is 1.96 bits per heavy atom. The van der Waals surface area contributed by atoms with Crippen LogP contribution in [0.15, 0.2) is 54.9 Å². The molecule has 0 unspecified atom stereocenters. The van der Waals surface area contributed by atoms with Crippen molar-refractivity contribution in [2.75, 3.05) is 13.1 Å². The zero-order valence-corrected chi connectivity index (χ0v) is 14.7. The van der Waals surface area contributed by atoms with Crippen LogP contribution in [0, 0.1) is 0 Å². The molecule has 1 atom stereocenters. The second-order valence-corrected chi connectivity index (χ2v) is 6.70. The summed E-state index contributed by atoms with van der Waals surface area (Å²) in [5.41, 5.74) is 2.55. The number of carbonyl (C=O) groups is 1. The number of hydrogen-bond acceptors (Lipinski definition) is 3. The summed E-state index contributed by atoms with van der Waals surface area (Å²) in [6, 6.07) is 14.9. The van der Waals surface area contributed by atoms with Crippen LogP contribution >= 0.6 is 0 Å². The van der Waals surface area contributed by atoms with Gasteiger partial charge in [-0.2, -0.15) is 0 Å². The molecule has 25 heavy (non-hydrogen) atoms. The largest absolute Gasteiger partial charge is 0.340 e. The average Bonchev–Trinajstić information content (AvgIpc) is 3.01. The monoisotopic (exact) mass is 337 g/mol. The number of rotatable bonds is 9. The second-order valence-electron chi connectivity index (χ2n) is 6.70. The van der Waals surface area contributed by atoms with E-state index in [0.717, 1.165) is 45.3 Å². The molecule has 3 rings (SSSR count). The van der Waals surface area contributed by atoms with Crippen LogP contribution in [0.2, 0.25) is 0 Å². The van der Waals surface area contributed by atoms with E-state index >= 15 is 0 Å². The molecule has 1 amide bonds. The van der Waals surface area contributed by atoms with E-state index in [-0.39, 0.29) is 0 Å². The molecule has 0 aliphatic carbocycles. The number of benzene rings is 1. The molecule has 1 N–H and O–H groups in total. The molecule has 4 nitrogen and oxygen atoms in total. The molecule has 1 fully saturated rings. The zero-order chi connectivity index (χ0) is 17.3. The molecular formula is C21H27N3O. The molecule has 0 bridgehead atoms. The molecule has 2 heterocycles. The van der Waals surface area contributed by atoms with E-state index in [1.807, 2.05) is 18.3 Å². The smallest absolute Gasteiger partial charge is 0.222 e. The molecule has 0 spiro atoms. The first-order valence-corrected chi connectivity index (χ1v) is 9.26. The van der Waals surface area contributed by atoms with Gasteiger partial charge in [0, 0.05) is 37.9 Å². The quantitative estimate of drug-likeness (QED) is 0.715. The fourth-order valence-electron chi connectivity index (χ4n) is 3.50. The summed E-state index contributed by atoms with van der Waals surface area (Å²) >= 11 is 0. The van der Waals surface area contributed by atoms with Gasteiger partial charge in [0.1, 0.15) is 0 Å². The highest BCUT2D eigenvalue weighted by atomic mass is 16.2. The predicted molar refractivity (Wildman–Crippen MR) is 100 cm³/mol. The summed E-state index contributed by atoms with van der Waals surface area (Å²) in [4.78, 5) is 18.4. The average molecular weight is 337 g/mol. The van der Waals surface area contributed by atoms with Gasteiger partial charge in [0.25, 0.3) is 0 Å². The topological polar surface area (TPSA) is 45.2 Å². The van der Waals surface area contributed by atoms with Crippen molar-refractivity contribution in [2.24, 2.45) is 0 Å². The van der Waals surface area contributed by atoms with E-state index < -0.39 is 0 Å². The summed E-state index contributed by atoms with van der Waals surface area (Å²) in [6.45, 7) is 2.64. The third-order valence-corrected chi connectivity index (χ3v) is 4.87. The normalized spacial score (nSPS) is 17.2. The molecule has 2 aromatic rings. The lowest BCUT2D eigenvalue weighted by atomic mass is 10.1.